The summed E-state index contributed by atoms with van der Waals surface area (Å²) in [4.78, 5) is 25.3. The van der Waals surface area contributed by atoms with Gasteiger partial charge in [0.15, 0.2) is 0 Å². The van der Waals surface area contributed by atoms with Gasteiger partial charge in [-0.1, -0.05) is 15.9 Å². The number of amides is 3. The Labute approximate surface area is 140 Å². The minimum Gasteiger partial charge on any atom is -0.336 e. The van der Waals surface area contributed by atoms with Gasteiger partial charge in [-0.05, 0) is 42.5 Å². The second-order valence-electron chi connectivity index (χ2n) is 5.01. The smallest absolute Gasteiger partial charge is 0.321 e. The third-order valence-corrected chi connectivity index (χ3v) is 3.96. The van der Waals surface area contributed by atoms with E-state index < -0.39 is 11.7 Å². The van der Waals surface area contributed by atoms with Crippen LogP contribution in [0.5, 0.6) is 0 Å². The van der Waals surface area contributed by atoms with Crippen LogP contribution in [0.3, 0.4) is 0 Å². The van der Waals surface area contributed by atoms with Crippen LogP contribution in [0.1, 0.15) is 10.4 Å². The molecule has 1 aliphatic rings. The van der Waals surface area contributed by atoms with Gasteiger partial charge in [0.1, 0.15) is 5.82 Å². The van der Waals surface area contributed by atoms with Crippen LogP contribution in [0.25, 0.3) is 0 Å². The molecule has 0 radical (unpaired) electrons. The third-order valence-electron chi connectivity index (χ3n) is 3.47. The van der Waals surface area contributed by atoms with Gasteiger partial charge < -0.3 is 10.6 Å². The summed E-state index contributed by atoms with van der Waals surface area (Å²) >= 11 is 3.21. The Morgan fingerprint density at radius 2 is 1.96 bits per heavy atom. The molecule has 7 heteroatoms. The molecule has 2 aromatic carbocycles. The highest BCUT2D eigenvalue weighted by molar-refractivity contribution is 9.10. The number of anilines is 2. The third kappa shape index (κ3) is 3.34. The summed E-state index contributed by atoms with van der Waals surface area (Å²) in [5.74, 6) is -1.12. The first-order valence-corrected chi connectivity index (χ1v) is 7.76. The van der Waals surface area contributed by atoms with Gasteiger partial charge in [0.05, 0.1) is 5.56 Å². The molecule has 0 aliphatic carbocycles. The van der Waals surface area contributed by atoms with E-state index in [0.29, 0.717) is 23.2 Å². The molecule has 0 aromatic heterocycles. The number of hydrogen-bond acceptors (Lipinski definition) is 2. The fourth-order valence-electron chi connectivity index (χ4n) is 2.31. The highest BCUT2D eigenvalue weighted by atomic mass is 79.9. The van der Waals surface area contributed by atoms with Gasteiger partial charge in [-0.3, -0.25) is 9.69 Å². The number of halogens is 2. The number of benzene rings is 2. The topological polar surface area (TPSA) is 61.4 Å². The average Bonchev–Trinajstić information content (AvgIpc) is 2.96. The molecular formula is C16H13BrFN3O2. The Balaban J connectivity index is 1.74. The van der Waals surface area contributed by atoms with Gasteiger partial charge in [-0.25, -0.2) is 9.18 Å². The lowest BCUT2D eigenvalue weighted by atomic mass is 10.2. The summed E-state index contributed by atoms with van der Waals surface area (Å²) in [5, 5.41) is 5.36. The highest BCUT2D eigenvalue weighted by Crippen LogP contribution is 2.21. The van der Waals surface area contributed by atoms with E-state index in [1.807, 2.05) is 0 Å². The quantitative estimate of drug-likeness (QED) is 0.861. The molecular weight excluding hydrogens is 365 g/mol. The normalized spacial score (nSPS) is 13.8. The summed E-state index contributed by atoms with van der Waals surface area (Å²) in [7, 11) is 0. The minimum atomic E-state index is -0.587. The zero-order valence-corrected chi connectivity index (χ0v) is 13.6. The predicted molar refractivity (Wildman–Crippen MR) is 89.2 cm³/mol. The number of urea groups is 1. The van der Waals surface area contributed by atoms with Crippen molar-refractivity contribution in [3.05, 3.63) is 58.3 Å². The molecule has 1 fully saturated rings. The van der Waals surface area contributed by atoms with Gasteiger partial charge in [-0.2, -0.15) is 0 Å². The average molecular weight is 378 g/mol. The maximum atomic E-state index is 13.7. The molecule has 0 unspecified atom stereocenters. The Hall–Kier alpha value is -2.41. The Kier molecular flexibility index (Phi) is 4.29. The fourth-order valence-corrected chi connectivity index (χ4v) is 2.67. The second-order valence-corrected chi connectivity index (χ2v) is 5.92. The number of hydrogen-bond donors (Lipinski definition) is 2. The summed E-state index contributed by atoms with van der Waals surface area (Å²) in [6, 6.07) is 10.9. The van der Waals surface area contributed by atoms with E-state index in [1.54, 1.807) is 29.2 Å². The van der Waals surface area contributed by atoms with E-state index in [0.717, 1.165) is 5.69 Å². The molecule has 2 aromatic rings. The first-order valence-electron chi connectivity index (χ1n) is 6.96. The van der Waals surface area contributed by atoms with Crippen molar-refractivity contribution in [2.45, 2.75) is 0 Å². The largest absolute Gasteiger partial charge is 0.336 e. The zero-order valence-electron chi connectivity index (χ0n) is 12.0. The lowest BCUT2D eigenvalue weighted by Crippen LogP contribution is -2.27. The molecule has 118 valence electrons. The maximum absolute atomic E-state index is 13.7. The first kappa shape index (κ1) is 15.5. The van der Waals surface area contributed by atoms with E-state index in [1.165, 1.54) is 18.2 Å². The molecule has 1 aliphatic heterocycles. The molecule has 2 N–H and O–H groups in total. The van der Waals surface area contributed by atoms with Gasteiger partial charge in [0.2, 0.25) is 0 Å². The number of nitrogens with one attached hydrogen (secondary N) is 2. The molecule has 0 bridgehead atoms. The van der Waals surface area contributed by atoms with Crippen molar-refractivity contribution in [3.8, 4) is 0 Å². The van der Waals surface area contributed by atoms with Crippen molar-refractivity contribution in [1.82, 2.24) is 5.32 Å². The van der Waals surface area contributed by atoms with E-state index >= 15 is 0 Å². The minimum absolute atomic E-state index is 0.0395. The highest BCUT2D eigenvalue weighted by Gasteiger charge is 2.21. The lowest BCUT2D eigenvalue weighted by Gasteiger charge is -2.14. The number of rotatable bonds is 3. The zero-order chi connectivity index (χ0) is 16.4. The van der Waals surface area contributed by atoms with E-state index in [9.17, 15) is 14.0 Å². The summed E-state index contributed by atoms with van der Waals surface area (Å²) in [5.41, 5.74) is 1.23. The van der Waals surface area contributed by atoms with Crippen molar-refractivity contribution in [2.24, 2.45) is 0 Å². The van der Waals surface area contributed by atoms with E-state index in [4.69, 9.17) is 0 Å². The number of nitrogens with zero attached hydrogens (tertiary/aromatic N) is 1. The Morgan fingerprint density at radius 3 is 2.61 bits per heavy atom. The standard InChI is InChI=1S/C16H13BrFN3O2/c17-10-1-6-14(18)13(9-10)15(22)20-11-2-4-12(5-3-11)21-8-7-19-16(21)23/h1-6,9H,7-8H2,(H,19,23)(H,20,22). The van der Waals surface area contributed by atoms with Crippen LogP contribution in [0.15, 0.2) is 46.9 Å². The van der Waals surface area contributed by atoms with Crippen molar-refractivity contribution in [2.75, 3.05) is 23.3 Å². The van der Waals surface area contributed by atoms with Crippen LogP contribution in [-0.4, -0.2) is 25.0 Å². The molecule has 3 amide bonds. The Bertz CT molecular complexity index is 764. The molecule has 1 heterocycles. The predicted octanol–water partition coefficient (Wildman–Crippen LogP) is 3.37. The Morgan fingerprint density at radius 1 is 1.22 bits per heavy atom. The molecule has 3 rings (SSSR count). The molecule has 23 heavy (non-hydrogen) atoms. The van der Waals surface area contributed by atoms with Gasteiger partial charge in [0.25, 0.3) is 5.91 Å². The molecule has 5 nitrogen and oxygen atoms in total. The summed E-state index contributed by atoms with van der Waals surface area (Å²) < 4.78 is 14.3. The molecule has 0 saturated carbocycles. The molecule has 1 saturated heterocycles. The number of carbonyl (C=O) groups is 2. The number of carbonyl (C=O) groups excluding carboxylic acids is 2. The van der Waals surface area contributed by atoms with Crippen molar-refractivity contribution >= 4 is 39.2 Å². The van der Waals surface area contributed by atoms with Crippen molar-refractivity contribution < 1.29 is 14.0 Å². The van der Waals surface area contributed by atoms with Gasteiger partial charge in [0, 0.05) is 28.9 Å². The van der Waals surface area contributed by atoms with Crippen LogP contribution in [0.2, 0.25) is 0 Å². The monoisotopic (exact) mass is 377 g/mol. The maximum Gasteiger partial charge on any atom is 0.321 e. The second kappa shape index (κ2) is 6.37. The SMILES string of the molecule is O=C(Nc1ccc(N2CCNC2=O)cc1)c1cc(Br)ccc1F. The van der Waals surface area contributed by atoms with Crippen molar-refractivity contribution in [1.29, 1.82) is 0 Å². The fraction of sp³-hybridized carbons (Fsp3) is 0.125. The van der Waals surface area contributed by atoms with Crippen LogP contribution in [0, 0.1) is 5.82 Å². The lowest BCUT2D eigenvalue weighted by molar-refractivity contribution is 0.102. The van der Waals surface area contributed by atoms with Crippen LogP contribution in [-0.2, 0) is 0 Å². The molecule has 0 atom stereocenters. The summed E-state index contributed by atoms with van der Waals surface area (Å²) in [6.07, 6.45) is 0. The van der Waals surface area contributed by atoms with Crippen LogP contribution in [0.4, 0.5) is 20.6 Å². The molecule has 0 spiro atoms. The van der Waals surface area contributed by atoms with Gasteiger partial charge in [-0.15, -0.1) is 0 Å². The van der Waals surface area contributed by atoms with Gasteiger partial charge >= 0.3 is 6.03 Å². The van der Waals surface area contributed by atoms with Crippen LogP contribution < -0.4 is 15.5 Å². The van der Waals surface area contributed by atoms with Crippen LogP contribution >= 0.6 is 15.9 Å². The summed E-state index contributed by atoms with van der Waals surface area (Å²) in [6.45, 7) is 1.22. The van der Waals surface area contributed by atoms with E-state index in [-0.39, 0.29) is 11.6 Å². The van der Waals surface area contributed by atoms with Crippen molar-refractivity contribution in [3.63, 3.8) is 0 Å². The first-order chi connectivity index (χ1) is 11.0. The van der Waals surface area contributed by atoms with E-state index in [2.05, 4.69) is 26.6 Å².